The van der Waals surface area contributed by atoms with Crippen molar-refractivity contribution in [3.63, 3.8) is 0 Å². The molecule has 1 aromatic rings. The Morgan fingerprint density at radius 3 is 2.79 bits per heavy atom. The van der Waals surface area contributed by atoms with E-state index in [1.54, 1.807) is 0 Å². The largest absolute Gasteiger partial charge is 0.318 e. The molecular weight excluding hydrogens is 260 g/mol. The molecule has 1 fully saturated rings. The molecule has 1 amide bonds. The normalized spacial score (nSPS) is 18.3. The molecule has 1 heterocycles. The van der Waals surface area contributed by atoms with Crippen molar-refractivity contribution >= 4 is 17.3 Å². The van der Waals surface area contributed by atoms with Crippen LogP contribution < -0.4 is 10.6 Å². The first-order chi connectivity index (χ1) is 8.99. The summed E-state index contributed by atoms with van der Waals surface area (Å²) in [5.41, 5.74) is -1.39. The van der Waals surface area contributed by atoms with Gasteiger partial charge in [0.15, 0.2) is 11.5 Å². The topological polar surface area (TPSA) is 84.3 Å². The van der Waals surface area contributed by atoms with Crippen LogP contribution in [0.4, 0.5) is 20.2 Å². The summed E-state index contributed by atoms with van der Waals surface area (Å²) in [6, 6.07) is 1.07. The van der Waals surface area contributed by atoms with Gasteiger partial charge in [0.25, 0.3) is 5.69 Å². The average Bonchev–Trinajstić information content (AvgIpc) is 2.85. The van der Waals surface area contributed by atoms with Gasteiger partial charge in [0.05, 0.1) is 16.9 Å². The lowest BCUT2D eigenvalue weighted by Crippen LogP contribution is -2.25. The average molecular weight is 271 g/mol. The van der Waals surface area contributed by atoms with Crippen molar-refractivity contribution in [1.82, 2.24) is 5.32 Å². The van der Waals surface area contributed by atoms with Crippen molar-refractivity contribution in [2.24, 2.45) is 5.92 Å². The van der Waals surface area contributed by atoms with E-state index in [1.807, 2.05) is 0 Å². The monoisotopic (exact) mass is 271 g/mol. The van der Waals surface area contributed by atoms with Crippen LogP contribution in [0.5, 0.6) is 0 Å². The van der Waals surface area contributed by atoms with Crippen LogP contribution in [-0.4, -0.2) is 23.9 Å². The van der Waals surface area contributed by atoms with Crippen LogP contribution in [-0.2, 0) is 4.79 Å². The third-order valence-corrected chi connectivity index (χ3v) is 2.91. The van der Waals surface area contributed by atoms with Gasteiger partial charge in [-0.2, -0.15) is 0 Å². The number of rotatable bonds is 3. The maximum Gasteiger partial charge on any atom is 0.298 e. The van der Waals surface area contributed by atoms with Crippen molar-refractivity contribution in [2.45, 2.75) is 6.42 Å². The van der Waals surface area contributed by atoms with Crippen molar-refractivity contribution < 1.29 is 18.5 Å². The predicted octanol–water partition coefficient (Wildman–Crippen LogP) is 1.42. The van der Waals surface area contributed by atoms with Gasteiger partial charge in [-0.15, -0.1) is 0 Å². The minimum atomic E-state index is -1.16. The minimum Gasteiger partial charge on any atom is -0.318 e. The molecule has 1 atom stereocenters. The van der Waals surface area contributed by atoms with Gasteiger partial charge in [-0.3, -0.25) is 14.9 Å². The second-order valence-corrected chi connectivity index (χ2v) is 4.22. The van der Waals surface area contributed by atoms with E-state index < -0.39 is 33.8 Å². The van der Waals surface area contributed by atoms with Crippen LogP contribution in [0.1, 0.15) is 6.42 Å². The SMILES string of the molecule is O=C(Nc1c(F)cc(F)cc1[N+](=O)[O-])C1CCNC1. The molecular formula is C11H11F2N3O3. The summed E-state index contributed by atoms with van der Waals surface area (Å²) in [7, 11) is 0. The number of nitro benzene ring substituents is 1. The first-order valence-corrected chi connectivity index (χ1v) is 5.64. The highest BCUT2D eigenvalue weighted by Gasteiger charge is 2.27. The summed E-state index contributed by atoms with van der Waals surface area (Å²) in [6.45, 7) is 1.09. The molecule has 1 unspecified atom stereocenters. The predicted molar refractivity (Wildman–Crippen MR) is 62.6 cm³/mol. The fraction of sp³-hybridized carbons (Fsp3) is 0.364. The van der Waals surface area contributed by atoms with Gasteiger partial charge in [-0.1, -0.05) is 0 Å². The first kappa shape index (κ1) is 13.3. The molecule has 8 heteroatoms. The minimum absolute atomic E-state index is 0.371. The molecule has 0 saturated carbocycles. The third-order valence-electron chi connectivity index (χ3n) is 2.91. The van der Waals surface area contributed by atoms with Crippen molar-refractivity contribution in [2.75, 3.05) is 18.4 Å². The second-order valence-electron chi connectivity index (χ2n) is 4.22. The Morgan fingerprint density at radius 2 is 2.21 bits per heavy atom. The fourth-order valence-corrected chi connectivity index (χ4v) is 1.93. The van der Waals surface area contributed by atoms with Crippen LogP contribution >= 0.6 is 0 Å². The Bertz CT molecular complexity index is 530. The van der Waals surface area contributed by atoms with Crippen LogP contribution in [0.15, 0.2) is 12.1 Å². The molecule has 2 N–H and O–H groups in total. The van der Waals surface area contributed by atoms with Crippen LogP contribution in [0.2, 0.25) is 0 Å². The van der Waals surface area contributed by atoms with E-state index in [1.165, 1.54) is 0 Å². The number of anilines is 1. The molecule has 1 aliphatic rings. The molecule has 0 aromatic heterocycles. The Kier molecular flexibility index (Phi) is 3.70. The Balaban J connectivity index is 2.28. The van der Waals surface area contributed by atoms with Crippen LogP contribution in [0, 0.1) is 27.7 Å². The van der Waals surface area contributed by atoms with Crippen molar-refractivity contribution in [3.05, 3.63) is 33.9 Å². The Hall–Kier alpha value is -2.09. The Morgan fingerprint density at radius 1 is 1.47 bits per heavy atom. The summed E-state index contributed by atoms with van der Waals surface area (Å²) in [5, 5.41) is 15.9. The lowest BCUT2D eigenvalue weighted by molar-refractivity contribution is -0.384. The lowest BCUT2D eigenvalue weighted by Gasteiger charge is -2.10. The van der Waals surface area contributed by atoms with E-state index in [0.717, 1.165) is 0 Å². The zero-order chi connectivity index (χ0) is 14.0. The highest BCUT2D eigenvalue weighted by molar-refractivity contribution is 5.95. The smallest absolute Gasteiger partial charge is 0.298 e. The number of carbonyl (C=O) groups excluding carboxylic acids is 1. The molecule has 1 aromatic carbocycles. The zero-order valence-corrected chi connectivity index (χ0v) is 9.78. The van der Waals surface area contributed by atoms with Crippen molar-refractivity contribution in [3.8, 4) is 0 Å². The number of nitro groups is 1. The van der Waals surface area contributed by atoms with Crippen LogP contribution in [0.25, 0.3) is 0 Å². The number of nitrogens with one attached hydrogen (secondary N) is 2. The Labute approximate surface area is 106 Å². The molecule has 1 aliphatic heterocycles. The molecule has 6 nitrogen and oxygen atoms in total. The van der Waals surface area contributed by atoms with E-state index in [-0.39, 0.29) is 5.92 Å². The van der Waals surface area contributed by atoms with E-state index >= 15 is 0 Å². The number of hydrogen-bond donors (Lipinski definition) is 2. The fourth-order valence-electron chi connectivity index (χ4n) is 1.93. The molecule has 0 aliphatic carbocycles. The van der Waals surface area contributed by atoms with Gasteiger partial charge in [0.1, 0.15) is 5.82 Å². The maximum atomic E-state index is 13.5. The van der Waals surface area contributed by atoms with Gasteiger partial charge in [-0.05, 0) is 13.0 Å². The molecule has 0 spiro atoms. The molecule has 2 rings (SSSR count). The first-order valence-electron chi connectivity index (χ1n) is 5.64. The van der Waals surface area contributed by atoms with E-state index in [9.17, 15) is 23.7 Å². The van der Waals surface area contributed by atoms with Gasteiger partial charge >= 0.3 is 0 Å². The van der Waals surface area contributed by atoms with Crippen molar-refractivity contribution in [1.29, 1.82) is 0 Å². The number of amides is 1. The highest BCUT2D eigenvalue weighted by atomic mass is 19.1. The van der Waals surface area contributed by atoms with Gasteiger partial charge in [-0.25, -0.2) is 8.78 Å². The molecule has 0 radical (unpaired) electrons. The summed E-state index contributed by atoms with van der Waals surface area (Å²) in [4.78, 5) is 21.6. The molecule has 19 heavy (non-hydrogen) atoms. The number of hydrogen-bond acceptors (Lipinski definition) is 4. The quantitative estimate of drug-likeness (QED) is 0.643. The van der Waals surface area contributed by atoms with E-state index in [4.69, 9.17) is 0 Å². The van der Waals surface area contributed by atoms with E-state index in [2.05, 4.69) is 10.6 Å². The molecule has 1 saturated heterocycles. The second kappa shape index (κ2) is 5.27. The summed E-state index contributed by atoms with van der Waals surface area (Å²) in [6.07, 6.45) is 0.572. The number of carbonyl (C=O) groups is 1. The lowest BCUT2D eigenvalue weighted by atomic mass is 10.1. The van der Waals surface area contributed by atoms with Crippen LogP contribution in [0.3, 0.4) is 0 Å². The standard InChI is InChI=1S/C11H11F2N3O3/c12-7-3-8(13)10(9(4-7)16(18)19)15-11(17)6-1-2-14-5-6/h3-4,6,14H,1-2,5H2,(H,15,17). The number of benzene rings is 1. The van der Waals surface area contributed by atoms with E-state index in [0.29, 0.717) is 31.6 Å². The summed E-state index contributed by atoms with van der Waals surface area (Å²) in [5.74, 6) is -3.11. The van der Waals surface area contributed by atoms with Gasteiger partial charge < -0.3 is 10.6 Å². The zero-order valence-electron chi connectivity index (χ0n) is 9.78. The third kappa shape index (κ3) is 2.84. The maximum absolute atomic E-state index is 13.5. The molecule has 0 bridgehead atoms. The summed E-state index contributed by atoms with van der Waals surface area (Å²) < 4.78 is 26.5. The number of halogens is 2. The number of nitrogens with zero attached hydrogens (tertiary/aromatic N) is 1. The summed E-state index contributed by atoms with van der Waals surface area (Å²) >= 11 is 0. The van der Waals surface area contributed by atoms with Gasteiger partial charge in [0, 0.05) is 12.6 Å². The highest BCUT2D eigenvalue weighted by Crippen LogP contribution is 2.29. The molecule has 102 valence electrons. The van der Waals surface area contributed by atoms with Gasteiger partial charge in [0.2, 0.25) is 5.91 Å².